The lowest BCUT2D eigenvalue weighted by atomic mass is 9.93. The third kappa shape index (κ3) is 1.28. The highest BCUT2D eigenvalue weighted by Crippen LogP contribution is 2.48. The van der Waals surface area contributed by atoms with E-state index in [1.165, 1.54) is 11.3 Å². The molecule has 0 radical (unpaired) electrons. The maximum Gasteiger partial charge on any atom is 0.0989 e. The van der Waals surface area contributed by atoms with Gasteiger partial charge in [-0.3, -0.25) is 0 Å². The lowest BCUT2D eigenvalue weighted by Crippen LogP contribution is -2.23. The second kappa shape index (κ2) is 2.72. The highest BCUT2D eigenvalue weighted by molar-refractivity contribution is 7.14. The van der Waals surface area contributed by atoms with Crippen LogP contribution in [0.15, 0.2) is 11.4 Å². The molecule has 0 saturated heterocycles. The maximum atomic E-state index is 10.1. The van der Waals surface area contributed by atoms with Gasteiger partial charge in [-0.25, -0.2) is 0 Å². The molecular weight excluding hydrogens is 192 g/mol. The molecule has 1 unspecified atom stereocenters. The van der Waals surface area contributed by atoms with Gasteiger partial charge in [0.1, 0.15) is 0 Å². The van der Waals surface area contributed by atoms with E-state index in [4.69, 9.17) is 11.6 Å². The van der Waals surface area contributed by atoms with Gasteiger partial charge in [-0.2, -0.15) is 0 Å². The van der Waals surface area contributed by atoms with E-state index in [1.54, 1.807) is 0 Å². The van der Waals surface area contributed by atoms with Crippen molar-refractivity contribution in [3.8, 4) is 0 Å². The Balaban J connectivity index is 2.33. The van der Waals surface area contributed by atoms with Crippen molar-refractivity contribution >= 4 is 22.9 Å². The van der Waals surface area contributed by atoms with Crippen molar-refractivity contribution in [2.45, 2.75) is 25.4 Å². The summed E-state index contributed by atoms with van der Waals surface area (Å²) in [6.45, 7) is 1.86. The molecule has 2 rings (SSSR count). The molecule has 1 aromatic rings. The zero-order chi connectivity index (χ0) is 8.77. The van der Waals surface area contributed by atoms with E-state index in [0.717, 1.165) is 22.7 Å². The molecule has 1 saturated carbocycles. The molecule has 0 spiro atoms. The zero-order valence-corrected chi connectivity index (χ0v) is 8.45. The summed E-state index contributed by atoms with van der Waals surface area (Å²) >= 11 is 7.44. The maximum absolute atomic E-state index is 10.1. The minimum absolute atomic E-state index is 0.421. The average Bonchev–Trinajstić information content (AvgIpc) is 2.75. The van der Waals surface area contributed by atoms with Gasteiger partial charge in [-0.15, -0.1) is 11.3 Å². The second-order valence-corrected chi connectivity index (χ2v) is 5.05. The lowest BCUT2D eigenvalue weighted by Gasteiger charge is -2.22. The minimum atomic E-state index is -0.697. The standard InChI is InChI=1S/C9H11ClOS/c1-9(11,6-2-3-6)7-4-5-12-8(7)10/h4-6,11H,2-3H2,1H3. The smallest absolute Gasteiger partial charge is 0.0989 e. The van der Waals surface area contributed by atoms with E-state index in [1.807, 2.05) is 18.4 Å². The van der Waals surface area contributed by atoms with Crippen molar-refractivity contribution in [3.63, 3.8) is 0 Å². The largest absolute Gasteiger partial charge is 0.385 e. The van der Waals surface area contributed by atoms with Crippen molar-refractivity contribution in [1.29, 1.82) is 0 Å². The van der Waals surface area contributed by atoms with E-state index in [0.29, 0.717) is 5.92 Å². The Morgan fingerprint density at radius 2 is 2.33 bits per heavy atom. The Morgan fingerprint density at radius 3 is 2.75 bits per heavy atom. The van der Waals surface area contributed by atoms with Crippen molar-refractivity contribution < 1.29 is 5.11 Å². The third-order valence-electron chi connectivity index (χ3n) is 2.54. The van der Waals surface area contributed by atoms with Crippen molar-refractivity contribution in [3.05, 3.63) is 21.3 Å². The lowest BCUT2D eigenvalue weighted by molar-refractivity contribution is 0.0336. The molecule has 0 bridgehead atoms. The number of hydrogen-bond acceptors (Lipinski definition) is 2. The van der Waals surface area contributed by atoms with E-state index >= 15 is 0 Å². The van der Waals surface area contributed by atoms with Gasteiger partial charge in [0.25, 0.3) is 0 Å². The molecule has 1 fully saturated rings. The molecular formula is C9H11ClOS. The third-order valence-corrected chi connectivity index (χ3v) is 3.71. The summed E-state index contributed by atoms with van der Waals surface area (Å²) in [5.74, 6) is 0.421. The number of hydrogen-bond donors (Lipinski definition) is 1. The summed E-state index contributed by atoms with van der Waals surface area (Å²) in [6.07, 6.45) is 2.25. The van der Waals surface area contributed by atoms with Gasteiger partial charge in [0.2, 0.25) is 0 Å². The second-order valence-electron chi connectivity index (χ2n) is 3.53. The normalized spacial score (nSPS) is 22.2. The predicted molar refractivity (Wildman–Crippen MR) is 51.6 cm³/mol. The van der Waals surface area contributed by atoms with Crippen LogP contribution in [-0.4, -0.2) is 5.11 Å². The molecule has 1 aromatic heterocycles. The molecule has 0 amide bonds. The summed E-state index contributed by atoms with van der Waals surface area (Å²) in [5, 5.41) is 12.0. The van der Waals surface area contributed by atoms with Crippen LogP contribution < -0.4 is 0 Å². The van der Waals surface area contributed by atoms with E-state index < -0.39 is 5.60 Å². The van der Waals surface area contributed by atoms with E-state index in [2.05, 4.69) is 0 Å². The molecule has 1 aliphatic rings. The van der Waals surface area contributed by atoms with Gasteiger partial charge < -0.3 is 5.11 Å². The fourth-order valence-corrected chi connectivity index (χ4v) is 2.66. The molecule has 1 aliphatic carbocycles. The van der Waals surface area contributed by atoms with Crippen LogP contribution in [0.2, 0.25) is 4.34 Å². The number of halogens is 1. The summed E-state index contributed by atoms with van der Waals surface area (Å²) in [6, 6.07) is 1.92. The first-order valence-corrected chi connectivity index (χ1v) is 5.34. The number of thiophene rings is 1. The van der Waals surface area contributed by atoms with E-state index in [9.17, 15) is 5.11 Å². The van der Waals surface area contributed by atoms with Crippen LogP contribution in [0.3, 0.4) is 0 Å². The SMILES string of the molecule is CC(O)(c1ccsc1Cl)C1CC1. The molecule has 1 heterocycles. The highest BCUT2D eigenvalue weighted by atomic mass is 35.5. The molecule has 12 heavy (non-hydrogen) atoms. The Hall–Kier alpha value is -0.0500. The summed E-state index contributed by atoms with van der Waals surface area (Å²) < 4.78 is 0.729. The molecule has 1 N–H and O–H groups in total. The monoisotopic (exact) mass is 202 g/mol. The first-order valence-electron chi connectivity index (χ1n) is 4.08. The van der Waals surface area contributed by atoms with Crippen LogP contribution >= 0.6 is 22.9 Å². The molecule has 1 nitrogen and oxygen atoms in total. The number of rotatable bonds is 2. The van der Waals surface area contributed by atoms with Crippen LogP contribution in [0.1, 0.15) is 25.3 Å². The topological polar surface area (TPSA) is 20.2 Å². The van der Waals surface area contributed by atoms with Gasteiger partial charge in [0.15, 0.2) is 0 Å². The molecule has 66 valence electrons. The summed E-state index contributed by atoms with van der Waals surface area (Å²) in [4.78, 5) is 0. The molecule has 0 aliphatic heterocycles. The van der Waals surface area contributed by atoms with Crippen LogP contribution in [-0.2, 0) is 5.60 Å². The fraction of sp³-hybridized carbons (Fsp3) is 0.556. The Kier molecular flexibility index (Phi) is 1.94. The van der Waals surface area contributed by atoms with Crippen LogP contribution in [0.5, 0.6) is 0 Å². The van der Waals surface area contributed by atoms with Crippen LogP contribution in [0.4, 0.5) is 0 Å². The summed E-state index contributed by atoms with van der Waals surface area (Å²) in [5.41, 5.74) is 0.202. The van der Waals surface area contributed by atoms with Crippen molar-refractivity contribution in [2.75, 3.05) is 0 Å². The average molecular weight is 203 g/mol. The minimum Gasteiger partial charge on any atom is -0.385 e. The van der Waals surface area contributed by atoms with Gasteiger partial charge in [-0.1, -0.05) is 11.6 Å². The highest BCUT2D eigenvalue weighted by Gasteiger charge is 2.42. The molecule has 0 aromatic carbocycles. The number of aliphatic hydroxyl groups is 1. The van der Waals surface area contributed by atoms with E-state index in [-0.39, 0.29) is 0 Å². The predicted octanol–water partition coefficient (Wildman–Crippen LogP) is 3.02. The first kappa shape index (κ1) is 8.54. The Labute approximate surface area is 81.0 Å². The van der Waals surface area contributed by atoms with Crippen molar-refractivity contribution in [2.24, 2.45) is 5.92 Å². The fourth-order valence-electron chi connectivity index (χ4n) is 1.52. The van der Waals surface area contributed by atoms with Crippen molar-refractivity contribution in [1.82, 2.24) is 0 Å². The van der Waals surface area contributed by atoms with Crippen LogP contribution in [0.25, 0.3) is 0 Å². The van der Waals surface area contributed by atoms with Gasteiger partial charge in [0.05, 0.1) is 9.94 Å². The van der Waals surface area contributed by atoms with Gasteiger partial charge in [-0.05, 0) is 37.1 Å². The first-order chi connectivity index (χ1) is 5.62. The Morgan fingerprint density at radius 1 is 1.67 bits per heavy atom. The summed E-state index contributed by atoms with van der Waals surface area (Å²) in [7, 11) is 0. The Bertz CT molecular complexity index is 288. The zero-order valence-electron chi connectivity index (χ0n) is 6.88. The molecule has 1 atom stereocenters. The van der Waals surface area contributed by atoms with Gasteiger partial charge in [0, 0.05) is 5.56 Å². The quantitative estimate of drug-likeness (QED) is 0.782. The molecule has 3 heteroatoms. The van der Waals surface area contributed by atoms with Gasteiger partial charge >= 0.3 is 0 Å². The van der Waals surface area contributed by atoms with Crippen LogP contribution in [0, 0.1) is 5.92 Å².